The topological polar surface area (TPSA) is 120 Å². The van der Waals surface area contributed by atoms with Crippen LogP contribution in [-0.2, 0) is 0 Å². The molecule has 0 bridgehead atoms. The van der Waals surface area contributed by atoms with Gasteiger partial charge in [0.05, 0.1) is 22.4 Å². The van der Waals surface area contributed by atoms with Crippen LogP contribution in [0.25, 0.3) is 33.3 Å². The van der Waals surface area contributed by atoms with E-state index in [0.29, 0.717) is 45.4 Å². The number of carbonyl (C=O) groups excluding carboxylic acids is 1. The number of halogens is 1. The fraction of sp³-hybridized carbons (Fsp3) is 0.227. The zero-order valence-electron chi connectivity index (χ0n) is 17.3. The molecule has 0 radical (unpaired) electrons. The molecule has 0 aliphatic carbocycles. The number of nitrogens with one attached hydrogen (secondary N) is 3. The fourth-order valence-corrected chi connectivity index (χ4v) is 3.39. The number of hydrogen-bond donors (Lipinski definition) is 4. The molecule has 2 heterocycles. The Labute approximate surface area is 177 Å². The summed E-state index contributed by atoms with van der Waals surface area (Å²) >= 11 is 0. The zero-order valence-corrected chi connectivity index (χ0v) is 17.3. The van der Waals surface area contributed by atoms with Crippen LogP contribution in [0.1, 0.15) is 17.3 Å². The molecular weight excluding hydrogens is 399 g/mol. The van der Waals surface area contributed by atoms with Crippen LogP contribution in [0.2, 0.25) is 0 Å². The zero-order chi connectivity index (χ0) is 22.1. The van der Waals surface area contributed by atoms with E-state index in [1.807, 2.05) is 14.0 Å². The lowest BCUT2D eigenvalue weighted by atomic mass is 10.1. The van der Waals surface area contributed by atoms with Gasteiger partial charge in [0.1, 0.15) is 5.82 Å². The highest BCUT2D eigenvalue weighted by molar-refractivity contribution is 6.04. The van der Waals surface area contributed by atoms with Crippen LogP contribution in [0.4, 0.5) is 10.1 Å². The predicted molar refractivity (Wildman–Crippen MR) is 120 cm³/mol. The third kappa shape index (κ3) is 3.99. The first-order valence-electron chi connectivity index (χ1n) is 9.95. The van der Waals surface area contributed by atoms with Gasteiger partial charge < -0.3 is 25.9 Å². The maximum absolute atomic E-state index is 13.6. The summed E-state index contributed by atoms with van der Waals surface area (Å²) in [5.41, 5.74) is 8.40. The van der Waals surface area contributed by atoms with Crippen LogP contribution in [0.3, 0.4) is 0 Å². The molecule has 5 N–H and O–H groups in total. The summed E-state index contributed by atoms with van der Waals surface area (Å²) in [5, 5.41) is 3.49. The molecule has 160 valence electrons. The normalized spacial score (nSPS) is 11.5. The first-order chi connectivity index (χ1) is 14.9. The average molecular weight is 422 g/mol. The van der Waals surface area contributed by atoms with Gasteiger partial charge in [-0.15, -0.1) is 0 Å². The van der Waals surface area contributed by atoms with Crippen molar-refractivity contribution < 1.29 is 9.18 Å². The molecule has 4 aromatic rings. The third-order valence-corrected chi connectivity index (χ3v) is 5.31. The van der Waals surface area contributed by atoms with Gasteiger partial charge in [0.2, 0.25) is 0 Å². The predicted octanol–water partition coefficient (Wildman–Crippen LogP) is 2.47. The number of benzene rings is 2. The lowest BCUT2D eigenvalue weighted by Gasteiger charge is -2.14. The van der Waals surface area contributed by atoms with Crippen molar-refractivity contribution in [2.45, 2.75) is 6.92 Å². The lowest BCUT2D eigenvalue weighted by Crippen LogP contribution is -2.32. The number of nitrogen functional groups attached to an aromatic ring is 1. The first-order valence-corrected chi connectivity index (χ1v) is 9.95. The molecular formula is C22H23FN6O2. The summed E-state index contributed by atoms with van der Waals surface area (Å²) in [4.78, 5) is 37.2. The molecule has 0 atom stereocenters. The Morgan fingerprint density at radius 2 is 1.97 bits per heavy atom. The van der Waals surface area contributed by atoms with Crippen LogP contribution >= 0.6 is 0 Å². The number of carbonyl (C=O) groups is 1. The lowest BCUT2D eigenvalue weighted by molar-refractivity contribution is 0.0950. The van der Waals surface area contributed by atoms with Crippen molar-refractivity contribution in [1.82, 2.24) is 25.2 Å². The van der Waals surface area contributed by atoms with Crippen molar-refractivity contribution in [3.05, 3.63) is 58.1 Å². The number of H-pyrrole nitrogens is 2. The molecule has 0 saturated carbocycles. The summed E-state index contributed by atoms with van der Waals surface area (Å²) in [6.07, 6.45) is 0. The van der Waals surface area contributed by atoms with Gasteiger partial charge in [0, 0.05) is 35.6 Å². The van der Waals surface area contributed by atoms with Gasteiger partial charge in [-0.25, -0.2) is 9.37 Å². The summed E-state index contributed by atoms with van der Waals surface area (Å²) < 4.78 is 13.6. The SMILES string of the molecule is CCN(C)CCNC(=O)c1ccc2[nH]c(-c3nc4cc(F)ccc4[nH]c3=O)c(N)c2c1. The second-order valence-electron chi connectivity index (χ2n) is 7.40. The number of likely N-dealkylation sites (N-methyl/N-ethyl adjacent to an activating group) is 1. The van der Waals surface area contributed by atoms with Crippen LogP contribution in [0.15, 0.2) is 41.2 Å². The van der Waals surface area contributed by atoms with Gasteiger partial charge in [-0.05, 0) is 43.9 Å². The van der Waals surface area contributed by atoms with Crippen molar-refractivity contribution in [1.29, 1.82) is 0 Å². The summed E-state index contributed by atoms with van der Waals surface area (Å²) in [6.45, 7) is 4.23. The third-order valence-electron chi connectivity index (χ3n) is 5.31. The van der Waals surface area contributed by atoms with Crippen molar-refractivity contribution in [3.63, 3.8) is 0 Å². The fourth-order valence-electron chi connectivity index (χ4n) is 3.39. The summed E-state index contributed by atoms with van der Waals surface area (Å²) in [5.74, 6) is -0.658. The largest absolute Gasteiger partial charge is 0.396 e. The maximum Gasteiger partial charge on any atom is 0.276 e. The molecule has 0 saturated heterocycles. The van der Waals surface area contributed by atoms with Gasteiger partial charge in [-0.3, -0.25) is 9.59 Å². The van der Waals surface area contributed by atoms with E-state index in [1.54, 1.807) is 18.2 Å². The van der Waals surface area contributed by atoms with Crippen molar-refractivity contribution in [2.24, 2.45) is 0 Å². The quantitative estimate of drug-likeness (QED) is 0.381. The standard InChI is InChI=1S/C22H23FN6O2/c1-3-29(2)9-8-25-21(30)12-4-6-15-14(10-12)18(24)19(26-15)20-22(31)28-16-7-5-13(23)11-17(16)27-20/h4-7,10-11,26H,3,8-9,24H2,1-2H3,(H,25,30)(H,28,31). The Bertz CT molecular complexity index is 1340. The number of hydrogen-bond acceptors (Lipinski definition) is 5. The Balaban J connectivity index is 1.69. The van der Waals surface area contributed by atoms with Crippen molar-refractivity contribution >= 4 is 33.5 Å². The number of nitrogens with two attached hydrogens (primary N) is 1. The van der Waals surface area contributed by atoms with Crippen LogP contribution in [-0.4, -0.2) is 52.4 Å². The van der Waals surface area contributed by atoms with Crippen LogP contribution in [0.5, 0.6) is 0 Å². The molecule has 8 nitrogen and oxygen atoms in total. The first kappa shape index (κ1) is 20.5. The Kier molecular flexibility index (Phi) is 5.43. The van der Waals surface area contributed by atoms with E-state index in [4.69, 9.17) is 5.73 Å². The van der Waals surface area contributed by atoms with Gasteiger partial charge in [0.25, 0.3) is 11.5 Å². The second-order valence-corrected chi connectivity index (χ2v) is 7.40. The number of nitrogens with zero attached hydrogens (tertiary/aromatic N) is 2. The van der Waals surface area contributed by atoms with Crippen LogP contribution < -0.4 is 16.6 Å². The van der Waals surface area contributed by atoms with E-state index in [9.17, 15) is 14.0 Å². The van der Waals surface area contributed by atoms with E-state index < -0.39 is 11.4 Å². The molecule has 2 aromatic carbocycles. The molecule has 0 aliphatic rings. The van der Waals surface area contributed by atoms with E-state index in [0.717, 1.165) is 13.1 Å². The minimum atomic E-state index is -0.455. The molecule has 0 aliphatic heterocycles. The smallest absolute Gasteiger partial charge is 0.276 e. The molecule has 2 aromatic heterocycles. The Morgan fingerprint density at radius 3 is 2.74 bits per heavy atom. The number of anilines is 1. The molecule has 0 spiro atoms. The van der Waals surface area contributed by atoms with Gasteiger partial charge in [-0.1, -0.05) is 6.92 Å². The number of rotatable bonds is 6. The van der Waals surface area contributed by atoms with Crippen molar-refractivity contribution in [2.75, 3.05) is 32.4 Å². The Hall–Kier alpha value is -3.72. The van der Waals surface area contributed by atoms with Crippen LogP contribution in [0, 0.1) is 5.82 Å². The maximum atomic E-state index is 13.6. The second kappa shape index (κ2) is 8.19. The highest BCUT2D eigenvalue weighted by atomic mass is 19.1. The van der Waals surface area contributed by atoms with E-state index in [-0.39, 0.29) is 11.6 Å². The Morgan fingerprint density at radius 1 is 1.19 bits per heavy atom. The average Bonchev–Trinajstić information content (AvgIpc) is 3.09. The van der Waals surface area contributed by atoms with E-state index in [1.165, 1.54) is 18.2 Å². The van der Waals surface area contributed by atoms with Crippen molar-refractivity contribution in [3.8, 4) is 11.4 Å². The molecule has 9 heteroatoms. The molecule has 1 amide bonds. The highest BCUT2D eigenvalue weighted by Gasteiger charge is 2.17. The minimum absolute atomic E-state index is 0.0559. The highest BCUT2D eigenvalue weighted by Crippen LogP contribution is 2.31. The minimum Gasteiger partial charge on any atom is -0.396 e. The molecule has 0 unspecified atom stereocenters. The van der Waals surface area contributed by atoms with Gasteiger partial charge in [-0.2, -0.15) is 0 Å². The number of aromatic amines is 2. The summed E-state index contributed by atoms with van der Waals surface area (Å²) in [6, 6.07) is 9.06. The molecule has 4 rings (SSSR count). The van der Waals surface area contributed by atoms with Gasteiger partial charge >= 0.3 is 0 Å². The monoisotopic (exact) mass is 422 g/mol. The number of amides is 1. The number of aromatic nitrogens is 3. The van der Waals surface area contributed by atoms with E-state index >= 15 is 0 Å². The summed E-state index contributed by atoms with van der Waals surface area (Å²) in [7, 11) is 1.98. The molecule has 31 heavy (non-hydrogen) atoms. The van der Waals surface area contributed by atoms with Gasteiger partial charge in [0.15, 0.2) is 5.69 Å². The number of fused-ring (bicyclic) bond motifs is 2. The van der Waals surface area contributed by atoms with E-state index in [2.05, 4.69) is 25.2 Å². The molecule has 0 fully saturated rings.